The molecule has 5 nitrogen and oxygen atoms in total. The number of carbonyl (C=O) groups excluding carboxylic acids is 1. The SMILES string of the molecule is N#Cc1cnc2ccccc2c1N1CCC(C(=O)N2CCC(Cc3ccccc3)CC2)CC1. The van der Waals surface area contributed by atoms with Gasteiger partial charge in [0.25, 0.3) is 0 Å². The molecule has 0 atom stereocenters. The number of carbonyl (C=O) groups is 1. The molecule has 2 fully saturated rings. The van der Waals surface area contributed by atoms with Crippen molar-refractivity contribution in [3.8, 4) is 6.07 Å². The van der Waals surface area contributed by atoms with Gasteiger partial charge in [-0.1, -0.05) is 48.5 Å². The van der Waals surface area contributed by atoms with Crippen LogP contribution in [0, 0.1) is 23.2 Å². The van der Waals surface area contributed by atoms with Gasteiger partial charge in [0, 0.05) is 43.7 Å². The third-order valence-electron chi connectivity index (χ3n) is 7.32. The lowest BCUT2D eigenvalue weighted by atomic mass is 9.88. The molecule has 0 aliphatic carbocycles. The smallest absolute Gasteiger partial charge is 0.225 e. The molecule has 0 unspecified atom stereocenters. The van der Waals surface area contributed by atoms with Gasteiger partial charge in [-0.15, -0.1) is 0 Å². The van der Waals surface area contributed by atoms with Crippen molar-refractivity contribution in [1.29, 1.82) is 5.26 Å². The Hall–Kier alpha value is -3.39. The molecule has 1 amide bonds. The molecule has 2 saturated heterocycles. The average Bonchev–Trinajstić information content (AvgIpc) is 2.89. The van der Waals surface area contributed by atoms with E-state index in [0.717, 1.165) is 74.9 Å². The van der Waals surface area contributed by atoms with Gasteiger partial charge in [-0.25, -0.2) is 0 Å². The number of pyridine rings is 1. The summed E-state index contributed by atoms with van der Waals surface area (Å²) in [5, 5.41) is 10.7. The molecule has 0 N–H and O–H groups in total. The van der Waals surface area contributed by atoms with Gasteiger partial charge in [0.2, 0.25) is 5.91 Å². The van der Waals surface area contributed by atoms with Gasteiger partial charge >= 0.3 is 0 Å². The summed E-state index contributed by atoms with van der Waals surface area (Å²) in [5.74, 6) is 1.08. The zero-order valence-electron chi connectivity index (χ0n) is 19.0. The van der Waals surface area contributed by atoms with Crippen LogP contribution in [0.15, 0.2) is 60.8 Å². The molecule has 5 heteroatoms. The standard InChI is InChI=1S/C28H30N4O/c29-19-24-20-30-26-9-5-4-8-25(26)27(24)31-16-12-23(13-17-31)28(33)32-14-10-22(11-15-32)18-21-6-2-1-3-7-21/h1-9,20,22-23H,10-18H2. The Morgan fingerprint density at radius 1 is 0.939 bits per heavy atom. The Balaban J connectivity index is 1.19. The zero-order valence-corrected chi connectivity index (χ0v) is 19.0. The Labute approximate surface area is 195 Å². The Bertz CT molecular complexity index is 1150. The first-order valence-electron chi connectivity index (χ1n) is 12.1. The molecular weight excluding hydrogens is 408 g/mol. The van der Waals surface area contributed by atoms with Crippen molar-refractivity contribution in [3.63, 3.8) is 0 Å². The van der Waals surface area contributed by atoms with E-state index < -0.39 is 0 Å². The van der Waals surface area contributed by atoms with Crippen LogP contribution in [-0.2, 0) is 11.2 Å². The third-order valence-corrected chi connectivity index (χ3v) is 7.32. The van der Waals surface area contributed by atoms with Gasteiger partial charge < -0.3 is 9.80 Å². The van der Waals surface area contributed by atoms with E-state index >= 15 is 0 Å². The largest absolute Gasteiger partial charge is 0.370 e. The van der Waals surface area contributed by atoms with Gasteiger partial charge in [-0.3, -0.25) is 9.78 Å². The minimum atomic E-state index is 0.0885. The minimum Gasteiger partial charge on any atom is -0.370 e. The molecule has 0 spiro atoms. The fourth-order valence-electron chi connectivity index (χ4n) is 5.46. The predicted octanol–water partition coefficient (Wildman–Crippen LogP) is 4.80. The maximum absolute atomic E-state index is 13.2. The highest BCUT2D eigenvalue weighted by Gasteiger charge is 2.32. The topological polar surface area (TPSA) is 60.2 Å². The van der Waals surface area contributed by atoms with Crippen LogP contribution in [0.5, 0.6) is 0 Å². The van der Waals surface area contributed by atoms with E-state index in [1.165, 1.54) is 5.56 Å². The number of nitrogens with zero attached hydrogens (tertiary/aromatic N) is 4. The summed E-state index contributed by atoms with van der Waals surface area (Å²) in [5.41, 5.74) is 3.88. The molecule has 2 aliphatic rings. The van der Waals surface area contributed by atoms with E-state index in [4.69, 9.17) is 0 Å². The quantitative estimate of drug-likeness (QED) is 0.587. The predicted molar refractivity (Wildman–Crippen MR) is 131 cm³/mol. The van der Waals surface area contributed by atoms with E-state index in [1.807, 2.05) is 24.3 Å². The minimum absolute atomic E-state index is 0.0885. The number of benzene rings is 2. The number of fused-ring (bicyclic) bond motifs is 1. The van der Waals surface area contributed by atoms with Crippen LogP contribution < -0.4 is 4.90 Å². The molecule has 2 aliphatic heterocycles. The summed E-state index contributed by atoms with van der Waals surface area (Å²) in [7, 11) is 0. The molecule has 0 bridgehead atoms. The number of likely N-dealkylation sites (tertiary alicyclic amines) is 1. The van der Waals surface area contributed by atoms with Crippen LogP contribution in [0.4, 0.5) is 5.69 Å². The Morgan fingerprint density at radius 3 is 2.36 bits per heavy atom. The number of para-hydroxylation sites is 1. The lowest BCUT2D eigenvalue weighted by molar-refractivity contribution is -0.137. The molecule has 5 rings (SSSR count). The zero-order chi connectivity index (χ0) is 22.6. The Kier molecular flexibility index (Phi) is 6.26. The maximum Gasteiger partial charge on any atom is 0.225 e. The van der Waals surface area contributed by atoms with Crippen molar-refractivity contribution >= 4 is 22.5 Å². The maximum atomic E-state index is 13.2. The van der Waals surface area contributed by atoms with E-state index in [-0.39, 0.29) is 5.92 Å². The Morgan fingerprint density at radius 2 is 1.64 bits per heavy atom. The molecule has 1 aromatic heterocycles. The highest BCUT2D eigenvalue weighted by atomic mass is 16.2. The van der Waals surface area contributed by atoms with Gasteiger partial charge in [0.1, 0.15) is 6.07 Å². The highest BCUT2D eigenvalue weighted by Crippen LogP contribution is 2.33. The van der Waals surface area contributed by atoms with Gasteiger partial charge in [-0.2, -0.15) is 5.26 Å². The van der Waals surface area contributed by atoms with Crippen molar-refractivity contribution in [2.24, 2.45) is 11.8 Å². The van der Waals surface area contributed by atoms with Crippen LogP contribution in [0.25, 0.3) is 10.9 Å². The monoisotopic (exact) mass is 438 g/mol. The second-order valence-corrected chi connectivity index (χ2v) is 9.37. The molecule has 2 aromatic carbocycles. The summed E-state index contributed by atoms with van der Waals surface area (Å²) in [6, 6.07) is 21.0. The van der Waals surface area contributed by atoms with Crippen LogP contribution in [0.3, 0.4) is 0 Å². The van der Waals surface area contributed by atoms with Gasteiger partial charge in [0.15, 0.2) is 0 Å². The van der Waals surface area contributed by atoms with Crippen LogP contribution in [0.1, 0.15) is 36.8 Å². The summed E-state index contributed by atoms with van der Waals surface area (Å²) in [4.78, 5) is 22.1. The summed E-state index contributed by atoms with van der Waals surface area (Å²) >= 11 is 0. The first-order valence-corrected chi connectivity index (χ1v) is 12.1. The molecule has 3 aromatic rings. The summed E-state index contributed by atoms with van der Waals surface area (Å²) in [6.45, 7) is 3.35. The fraction of sp³-hybridized carbons (Fsp3) is 0.393. The number of anilines is 1. The fourth-order valence-corrected chi connectivity index (χ4v) is 5.46. The number of hydrogen-bond donors (Lipinski definition) is 0. The number of aromatic nitrogens is 1. The summed E-state index contributed by atoms with van der Waals surface area (Å²) < 4.78 is 0. The van der Waals surface area contributed by atoms with Crippen LogP contribution in [-0.4, -0.2) is 42.0 Å². The van der Waals surface area contributed by atoms with Crippen LogP contribution >= 0.6 is 0 Å². The molecular formula is C28H30N4O. The number of piperidine rings is 2. The lowest BCUT2D eigenvalue weighted by Crippen LogP contribution is -2.45. The molecule has 0 saturated carbocycles. The highest BCUT2D eigenvalue weighted by molar-refractivity contribution is 5.94. The van der Waals surface area contributed by atoms with E-state index in [2.05, 4.69) is 51.2 Å². The number of hydrogen-bond acceptors (Lipinski definition) is 4. The van der Waals surface area contributed by atoms with E-state index in [1.54, 1.807) is 6.20 Å². The molecule has 0 radical (unpaired) electrons. The second-order valence-electron chi connectivity index (χ2n) is 9.37. The van der Waals surface area contributed by atoms with Gasteiger partial charge in [-0.05, 0) is 49.7 Å². The van der Waals surface area contributed by atoms with E-state index in [9.17, 15) is 10.1 Å². The van der Waals surface area contributed by atoms with Crippen LogP contribution in [0.2, 0.25) is 0 Å². The molecule has 3 heterocycles. The number of rotatable bonds is 4. The van der Waals surface area contributed by atoms with Crippen molar-refractivity contribution in [2.45, 2.75) is 32.1 Å². The first kappa shape index (κ1) is 21.5. The number of nitriles is 1. The number of amides is 1. The first-order chi connectivity index (χ1) is 16.2. The molecule has 168 valence electrons. The van der Waals surface area contributed by atoms with Crippen molar-refractivity contribution in [2.75, 3.05) is 31.1 Å². The van der Waals surface area contributed by atoms with E-state index in [0.29, 0.717) is 17.4 Å². The van der Waals surface area contributed by atoms with Gasteiger partial charge in [0.05, 0.1) is 16.8 Å². The van der Waals surface area contributed by atoms with Crippen molar-refractivity contribution in [1.82, 2.24) is 9.88 Å². The summed E-state index contributed by atoms with van der Waals surface area (Å²) in [6.07, 6.45) is 6.65. The van der Waals surface area contributed by atoms with Crippen molar-refractivity contribution < 1.29 is 4.79 Å². The lowest BCUT2D eigenvalue weighted by Gasteiger charge is -2.38. The second kappa shape index (κ2) is 9.62. The van der Waals surface area contributed by atoms with Crippen molar-refractivity contribution in [3.05, 3.63) is 71.9 Å². The third kappa shape index (κ3) is 4.57. The average molecular weight is 439 g/mol. The molecule has 33 heavy (non-hydrogen) atoms. The normalized spacial score (nSPS) is 17.8.